The summed E-state index contributed by atoms with van der Waals surface area (Å²) in [4.78, 5) is 11.9. The summed E-state index contributed by atoms with van der Waals surface area (Å²) >= 11 is 0. The number of amides is 2. The fourth-order valence-corrected chi connectivity index (χ4v) is 2.19. The van der Waals surface area contributed by atoms with Crippen LogP contribution in [0.3, 0.4) is 0 Å². The van der Waals surface area contributed by atoms with Gasteiger partial charge in [-0.15, -0.1) is 0 Å². The molecular formula is C16H24F2N2O3. The van der Waals surface area contributed by atoms with Crippen LogP contribution in [0.5, 0.6) is 5.75 Å². The van der Waals surface area contributed by atoms with Crippen LogP contribution in [0.15, 0.2) is 24.3 Å². The Balaban J connectivity index is 2.54. The molecule has 130 valence electrons. The quantitative estimate of drug-likeness (QED) is 0.686. The van der Waals surface area contributed by atoms with E-state index in [9.17, 15) is 18.7 Å². The van der Waals surface area contributed by atoms with E-state index in [1.807, 2.05) is 13.8 Å². The lowest BCUT2D eigenvalue weighted by atomic mass is 10.0. The van der Waals surface area contributed by atoms with E-state index in [1.54, 1.807) is 19.1 Å². The number of alkyl halides is 2. The summed E-state index contributed by atoms with van der Waals surface area (Å²) in [6.07, 6.45) is 0.679. The Hall–Kier alpha value is -1.89. The van der Waals surface area contributed by atoms with Crippen molar-refractivity contribution in [3.63, 3.8) is 0 Å². The Labute approximate surface area is 135 Å². The Kier molecular flexibility index (Phi) is 7.74. The normalized spacial score (nSPS) is 13.7. The third kappa shape index (κ3) is 7.27. The maximum Gasteiger partial charge on any atom is 0.387 e. The van der Waals surface area contributed by atoms with Crippen molar-refractivity contribution in [2.75, 3.05) is 6.61 Å². The fourth-order valence-electron chi connectivity index (χ4n) is 2.19. The van der Waals surface area contributed by atoms with Crippen molar-refractivity contribution in [3.05, 3.63) is 29.8 Å². The zero-order chi connectivity index (χ0) is 17.4. The molecule has 2 atom stereocenters. The van der Waals surface area contributed by atoms with Crippen molar-refractivity contribution >= 4 is 6.03 Å². The standard InChI is InChI=1S/C16H24F2N2O3/c1-10(2)8-13(9-21)20-16(22)19-11(3)12-4-6-14(7-5-12)23-15(17)18/h4-7,10-11,13,15,21H,8-9H2,1-3H3,(H2,19,20,22). The molecule has 0 aliphatic rings. The van der Waals surface area contributed by atoms with Crippen LogP contribution in [0.25, 0.3) is 0 Å². The first-order valence-corrected chi connectivity index (χ1v) is 7.54. The van der Waals surface area contributed by atoms with E-state index in [0.717, 1.165) is 5.56 Å². The molecule has 0 heterocycles. The van der Waals surface area contributed by atoms with Gasteiger partial charge in [0.05, 0.1) is 18.7 Å². The van der Waals surface area contributed by atoms with Gasteiger partial charge in [0.1, 0.15) is 5.75 Å². The molecule has 1 rings (SSSR count). The van der Waals surface area contributed by atoms with Crippen molar-refractivity contribution in [1.29, 1.82) is 0 Å². The van der Waals surface area contributed by atoms with Crippen LogP contribution in [0.1, 0.15) is 38.8 Å². The van der Waals surface area contributed by atoms with E-state index in [-0.39, 0.29) is 30.5 Å². The number of hydrogen-bond donors (Lipinski definition) is 3. The summed E-state index contributed by atoms with van der Waals surface area (Å²) in [5.74, 6) is 0.421. The van der Waals surface area contributed by atoms with Crippen LogP contribution in [0.4, 0.5) is 13.6 Å². The van der Waals surface area contributed by atoms with E-state index in [1.165, 1.54) is 12.1 Å². The van der Waals surface area contributed by atoms with E-state index in [4.69, 9.17) is 0 Å². The van der Waals surface area contributed by atoms with Gasteiger partial charge in [-0.1, -0.05) is 26.0 Å². The Morgan fingerprint density at radius 1 is 1.17 bits per heavy atom. The molecule has 0 aromatic heterocycles. The van der Waals surface area contributed by atoms with Crippen molar-refractivity contribution < 1.29 is 23.4 Å². The first kappa shape index (κ1) is 19.2. The Bertz CT molecular complexity index is 481. The topological polar surface area (TPSA) is 70.6 Å². The van der Waals surface area contributed by atoms with Crippen LogP contribution in [0.2, 0.25) is 0 Å². The molecule has 3 N–H and O–H groups in total. The Morgan fingerprint density at radius 2 is 1.78 bits per heavy atom. The van der Waals surface area contributed by atoms with Gasteiger partial charge < -0.3 is 20.5 Å². The number of ether oxygens (including phenoxy) is 1. The summed E-state index contributed by atoms with van der Waals surface area (Å²) in [5, 5.41) is 14.7. The van der Waals surface area contributed by atoms with Crippen LogP contribution >= 0.6 is 0 Å². The second-order valence-corrected chi connectivity index (χ2v) is 5.80. The smallest absolute Gasteiger partial charge is 0.387 e. The number of halogens is 2. The molecule has 7 heteroatoms. The minimum atomic E-state index is -2.86. The molecule has 1 aromatic rings. The predicted octanol–water partition coefficient (Wildman–Crippen LogP) is 3.06. The summed E-state index contributed by atoms with van der Waals surface area (Å²) in [6, 6.07) is 5.07. The third-order valence-corrected chi connectivity index (χ3v) is 3.26. The largest absolute Gasteiger partial charge is 0.435 e. The number of aliphatic hydroxyl groups is 1. The highest BCUT2D eigenvalue weighted by atomic mass is 19.3. The number of carbonyl (C=O) groups is 1. The maximum absolute atomic E-state index is 12.1. The minimum Gasteiger partial charge on any atom is -0.435 e. The van der Waals surface area contributed by atoms with Crippen LogP contribution in [-0.4, -0.2) is 30.4 Å². The second kappa shape index (κ2) is 9.29. The zero-order valence-corrected chi connectivity index (χ0v) is 13.6. The molecule has 0 aliphatic heterocycles. The summed E-state index contributed by atoms with van der Waals surface area (Å²) < 4.78 is 28.5. The molecule has 23 heavy (non-hydrogen) atoms. The van der Waals surface area contributed by atoms with Crippen LogP contribution < -0.4 is 15.4 Å². The highest BCUT2D eigenvalue weighted by Gasteiger charge is 2.15. The molecule has 0 aliphatic carbocycles. The van der Waals surface area contributed by atoms with Crippen LogP contribution in [-0.2, 0) is 0 Å². The van der Waals surface area contributed by atoms with E-state index in [2.05, 4.69) is 15.4 Å². The molecule has 5 nitrogen and oxygen atoms in total. The summed E-state index contributed by atoms with van der Waals surface area (Å²) in [5.41, 5.74) is 0.756. The molecule has 0 fully saturated rings. The molecular weight excluding hydrogens is 306 g/mol. The predicted molar refractivity (Wildman–Crippen MR) is 83.5 cm³/mol. The van der Waals surface area contributed by atoms with E-state index >= 15 is 0 Å². The first-order chi connectivity index (χ1) is 10.8. The molecule has 0 saturated heterocycles. The second-order valence-electron chi connectivity index (χ2n) is 5.80. The lowest BCUT2D eigenvalue weighted by molar-refractivity contribution is -0.0498. The van der Waals surface area contributed by atoms with Gasteiger partial charge in [-0.3, -0.25) is 0 Å². The summed E-state index contributed by atoms with van der Waals surface area (Å²) in [7, 11) is 0. The van der Waals surface area contributed by atoms with E-state index in [0.29, 0.717) is 12.3 Å². The molecule has 0 bridgehead atoms. The number of nitrogens with one attached hydrogen (secondary N) is 2. The van der Waals surface area contributed by atoms with Crippen molar-refractivity contribution in [2.45, 2.75) is 45.9 Å². The zero-order valence-electron chi connectivity index (χ0n) is 13.6. The number of hydrogen-bond acceptors (Lipinski definition) is 3. The highest BCUT2D eigenvalue weighted by Crippen LogP contribution is 2.19. The number of urea groups is 1. The molecule has 2 amide bonds. The molecule has 1 aromatic carbocycles. The average Bonchev–Trinajstić information content (AvgIpc) is 2.45. The van der Waals surface area contributed by atoms with Crippen LogP contribution in [0, 0.1) is 5.92 Å². The van der Waals surface area contributed by atoms with Gasteiger partial charge in [0, 0.05) is 0 Å². The van der Waals surface area contributed by atoms with Gasteiger partial charge in [0.15, 0.2) is 0 Å². The number of benzene rings is 1. The lowest BCUT2D eigenvalue weighted by Crippen LogP contribution is -2.45. The van der Waals surface area contributed by atoms with Crippen molar-refractivity contribution in [2.24, 2.45) is 5.92 Å². The highest BCUT2D eigenvalue weighted by molar-refractivity contribution is 5.74. The van der Waals surface area contributed by atoms with Gasteiger partial charge in [-0.05, 0) is 37.0 Å². The number of rotatable bonds is 8. The van der Waals surface area contributed by atoms with E-state index < -0.39 is 6.61 Å². The SMILES string of the molecule is CC(C)CC(CO)NC(=O)NC(C)c1ccc(OC(F)F)cc1. The van der Waals surface area contributed by atoms with Gasteiger partial charge in [-0.25, -0.2) is 4.79 Å². The number of carbonyl (C=O) groups excluding carboxylic acids is 1. The molecule has 0 spiro atoms. The fraction of sp³-hybridized carbons (Fsp3) is 0.562. The van der Waals surface area contributed by atoms with Gasteiger partial charge >= 0.3 is 12.6 Å². The minimum absolute atomic E-state index is 0.0673. The van der Waals surface area contributed by atoms with Gasteiger partial charge in [0.25, 0.3) is 0 Å². The third-order valence-electron chi connectivity index (χ3n) is 3.26. The number of aliphatic hydroxyl groups excluding tert-OH is 1. The average molecular weight is 330 g/mol. The van der Waals surface area contributed by atoms with Gasteiger partial charge in [0.2, 0.25) is 0 Å². The monoisotopic (exact) mass is 330 g/mol. The maximum atomic E-state index is 12.1. The molecule has 0 radical (unpaired) electrons. The van der Waals surface area contributed by atoms with Crippen molar-refractivity contribution in [3.8, 4) is 5.75 Å². The van der Waals surface area contributed by atoms with Crippen molar-refractivity contribution in [1.82, 2.24) is 10.6 Å². The molecule has 2 unspecified atom stereocenters. The molecule has 0 saturated carbocycles. The lowest BCUT2D eigenvalue weighted by Gasteiger charge is -2.21. The summed E-state index contributed by atoms with van der Waals surface area (Å²) in [6.45, 7) is 2.80. The Morgan fingerprint density at radius 3 is 2.26 bits per heavy atom. The first-order valence-electron chi connectivity index (χ1n) is 7.54. The van der Waals surface area contributed by atoms with Gasteiger partial charge in [-0.2, -0.15) is 8.78 Å².